The van der Waals surface area contributed by atoms with Gasteiger partial charge in [-0.25, -0.2) is 0 Å². The number of rotatable bonds is 4. The molecular weight excluding hydrogens is 264 g/mol. The number of H-pyrrole nitrogens is 1. The average Bonchev–Trinajstić information content (AvgIpc) is 3.06. The summed E-state index contributed by atoms with van der Waals surface area (Å²) in [6, 6.07) is 7.92. The highest BCUT2D eigenvalue weighted by Gasteiger charge is 2.26. The largest absolute Gasteiger partial charge is 0.342 e. The molecule has 0 bridgehead atoms. The molecule has 1 saturated heterocycles. The molecule has 3 rings (SSSR count). The minimum Gasteiger partial charge on any atom is -0.342 e. The van der Waals surface area contributed by atoms with Crippen LogP contribution in [-0.2, 0) is 11.2 Å². The smallest absolute Gasteiger partial charge is 0.228 e. The molecule has 2 aromatic rings. The van der Waals surface area contributed by atoms with Crippen molar-refractivity contribution in [3.8, 4) is 0 Å². The van der Waals surface area contributed by atoms with Gasteiger partial charge >= 0.3 is 0 Å². The van der Waals surface area contributed by atoms with Gasteiger partial charge in [-0.15, -0.1) is 0 Å². The van der Waals surface area contributed by atoms with Crippen LogP contribution in [0, 0.1) is 5.92 Å². The Kier molecular flexibility index (Phi) is 3.92. The van der Waals surface area contributed by atoms with Gasteiger partial charge in [0.05, 0.1) is 17.6 Å². The van der Waals surface area contributed by atoms with E-state index in [1.165, 1.54) is 0 Å². The first kappa shape index (κ1) is 14.1. The molecule has 1 N–H and O–H groups in total. The van der Waals surface area contributed by atoms with Crippen LogP contribution in [0.4, 0.5) is 0 Å². The number of fused-ring (bicyclic) bond motifs is 1. The monoisotopic (exact) mass is 286 g/mol. The van der Waals surface area contributed by atoms with Crippen LogP contribution in [0.5, 0.6) is 0 Å². The maximum Gasteiger partial charge on any atom is 0.228 e. The van der Waals surface area contributed by atoms with Crippen molar-refractivity contribution in [2.45, 2.75) is 12.8 Å². The zero-order chi connectivity index (χ0) is 14.8. The van der Waals surface area contributed by atoms with Crippen LogP contribution >= 0.6 is 0 Å². The number of carbonyl (C=O) groups excluding carboxylic acids is 1. The Morgan fingerprint density at radius 2 is 2.24 bits per heavy atom. The van der Waals surface area contributed by atoms with E-state index in [1.807, 2.05) is 29.2 Å². The zero-order valence-corrected chi connectivity index (χ0v) is 12.7. The first-order valence-electron chi connectivity index (χ1n) is 7.48. The number of para-hydroxylation sites is 1. The standard InChI is InChI=1S/C16H22N4O/c1-19(2)10-12-7-8-20(11-12)16(21)9-15-13-5-3-4-6-14(13)17-18-15/h3-6,12H,7-11H2,1-2H3,(H,17,18)/t12-/m1/s1. The zero-order valence-electron chi connectivity index (χ0n) is 12.7. The minimum absolute atomic E-state index is 0.200. The SMILES string of the molecule is CN(C)C[C@H]1CCN(C(=O)Cc2[nH]nc3ccccc23)C1. The molecular formula is C16H22N4O. The summed E-state index contributed by atoms with van der Waals surface area (Å²) in [7, 11) is 4.17. The van der Waals surface area contributed by atoms with Crippen molar-refractivity contribution in [1.29, 1.82) is 0 Å². The second kappa shape index (κ2) is 5.85. The lowest BCUT2D eigenvalue weighted by molar-refractivity contribution is -0.129. The predicted octanol–water partition coefficient (Wildman–Crippen LogP) is 1.52. The number of hydrogen-bond donors (Lipinski definition) is 1. The fraction of sp³-hybridized carbons (Fsp3) is 0.500. The van der Waals surface area contributed by atoms with Crippen molar-refractivity contribution in [3.63, 3.8) is 0 Å². The second-order valence-electron chi connectivity index (χ2n) is 6.15. The van der Waals surface area contributed by atoms with Gasteiger partial charge in [-0.1, -0.05) is 18.2 Å². The number of nitrogens with zero attached hydrogens (tertiary/aromatic N) is 3. The Hall–Kier alpha value is -1.88. The first-order chi connectivity index (χ1) is 10.1. The maximum atomic E-state index is 12.5. The third-order valence-corrected chi connectivity index (χ3v) is 4.13. The van der Waals surface area contributed by atoms with Gasteiger partial charge in [-0.3, -0.25) is 9.89 Å². The molecule has 1 aliphatic rings. The Morgan fingerprint density at radius 1 is 1.43 bits per heavy atom. The van der Waals surface area contributed by atoms with Crippen molar-refractivity contribution in [3.05, 3.63) is 30.0 Å². The summed E-state index contributed by atoms with van der Waals surface area (Å²) in [6.45, 7) is 2.81. The number of aromatic amines is 1. The third kappa shape index (κ3) is 3.08. The van der Waals surface area contributed by atoms with Crippen molar-refractivity contribution < 1.29 is 4.79 Å². The molecule has 5 heteroatoms. The van der Waals surface area contributed by atoms with Crippen molar-refractivity contribution in [1.82, 2.24) is 20.0 Å². The number of carbonyl (C=O) groups is 1. The van der Waals surface area contributed by atoms with Crippen molar-refractivity contribution in [2.24, 2.45) is 5.92 Å². The summed E-state index contributed by atoms with van der Waals surface area (Å²) in [5.74, 6) is 0.799. The highest BCUT2D eigenvalue weighted by molar-refractivity contribution is 5.87. The maximum absolute atomic E-state index is 12.5. The Labute approximate surface area is 124 Å². The molecule has 1 aliphatic heterocycles. The van der Waals surface area contributed by atoms with E-state index in [-0.39, 0.29) is 5.91 Å². The van der Waals surface area contributed by atoms with Crippen LogP contribution < -0.4 is 0 Å². The summed E-state index contributed by atoms with van der Waals surface area (Å²) in [4.78, 5) is 16.6. The fourth-order valence-corrected chi connectivity index (χ4v) is 3.14. The van der Waals surface area contributed by atoms with Crippen LogP contribution in [0.2, 0.25) is 0 Å². The topological polar surface area (TPSA) is 52.2 Å². The molecule has 1 atom stereocenters. The van der Waals surface area contributed by atoms with E-state index < -0.39 is 0 Å². The molecule has 1 fully saturated rings. The summed E-state index contributed by atoms with van der Waals surface area (Å²) in [5.41, 5.74) is 1.85. The van der Waals surface area contributed by atoms with Crippen molar-refractivity contribution in [2.75, 3.05) is 33.7 Å². The number of likely N-dealkylation sites (tertiary alicyclic amines) is 1. The molecule has 0 radical (unpaired) electrons. The fourth-order valence-electron chi connectivity index (χ4n) is 3.14. The predicted molar refractivity (Wildman–Crippen MR) is 83.0 cm³/mol. The molecule has 2 heterocycles. The first-order valence-corrected chi connectivity index (χ1v) is 7.48. The summed E-state index contributed by atoms with van der Waals surface area (Å²) in [6.07, 6.45) is 1.52. The van der Waals surface area contributed by atoms with Gasteiger partial charge in [-0.2, -0.15) is 5.10 Å². The molecule has 0 aliphatic carbocycles. The van der Waals surface area contributed by atoms with Crippen LogP contribution in [0.1, 0.15) is 12.1 Å². The number of aromatic nitrogens is 2. The number of amides is 1. The van der Waals surface area contributed by atoms with Gasteiger partial charge in [-0.05, 0) is 32.5 Å². The van der Waals surface area contributed by atoms with Gasteiger partial charge in [0, 0.05) is 25.0 Å². The molecule has 112 valence electrons. The summed E-state index contributed by atoms with van der Waals surface area (Å²) in [5, 5.41) is 8.31. The lowest BCUT2D eigenvalue weighted by atomic mass is 10.1. The molecule has 1 aromatic carbocycles. The molecule has 5 nitrogen and oxygen atoms in total. The van der Waals surface area contributed by atoms with Gasteiger partial charge in [0.2, 0.25) is 5.91 Å². The Bertz CT molecular complexity index is 634. The van der Waals surface area contributed by atoms with E-state index in [1.54, 1.807) is 0 Å². The van der Waals surface area contributed by atoms with Gasteiger partial charge < -0.3 is 9.80 Å². The Morgan fingerprint density at radius 3 is 3.05 bits per heavy atom. The molecule has 0 saturated carbocycles. The number of nitrogens with one attached hydrogen (secondary N) is 1. The van der Waals surface area contributed by atoms with Crippen LogP contribution in [0.3, 0.4) is 0 Å². The number of hydrogen-bond acceptors (Lipinski definition) is 3. The molecule has 1 aromatic heterocycles. The summed E-state index contributed by atoms with van der Waals surface area (Å²) < 4.78 is 0. The van der Waals surface area contributed by atoms with E-state index in [2.05, 4.69) is 29.2 Å². The van der Waals surface area contributed by atoms with Crippen LogP contribution in [0.25, 0.3) is 10.9 Å². The summed E-state index contributed by atoms with van der Waals surface area (Å²) >= 11 is 0. The van der Waals surface area contributed by atoms with Gasteiger partial charge in [0.15, 0.2) is 0 Å². The van der Waals surface area contributed by atoms with Gasteiger partial charge in [0.1, 0.15) is 0 Å². The molecule has 0 unspecified atom stereocenters. The van der Waals surface area contributed by atoms with Crippen molar-refractivity contribution >= 4 is 16.8 Å². The molecule has 0 spiro atoms. The quantitative estimate of drug-likeness (QED) is 0.927. The number of benzene rings is 1. The lowest BCUT2D eigenvalue weighted by Crippen LogP contribution is -2.31. The average molecular weight is 286 g/mol. The highest BCUT2D eigenvalue weighted by Crippen LogP contribution is 2.20. The van der Waals surface area contributed by atoms with E-state index in [9.17, 15) is 4.79 Å². The van der Waals surface area contributed by atoms with E-state index >= 15 is 0 Å². The highest BCUT2D eigenvalue weighted by atomic mass is 16.2. The third-order valence-electron chi connectivity index (χ3n) is 4.13. The molecule has 21 heavy (non-hydrogen) atoms. The Balaban J connectivity index is 1.64. The second-order valence-corrected chi connectivity index (χ2v) is 6.15. The van der Waals surface area contributed by atoms with E-state index in [0.717, 1.165) is 42.7 Å². The molecule has 1 amide bonds. The van der Waals surface area contributed by atoms with Crippen LogP contribution in [0.15, 0.2) is 24.3 Å². The lowest BCUT2D eigenvalue weighted by Gasteiger charge is -2.18. The van der Waals surface area contributed by atoms with Crippen LogP contribution in [-0.4, -0.2) is 59.6 Å². The normalized spacial score (nSPS) is 18.8. The minimum atomic E-state index is 0.200. The van der Waals surface area contributed by atoms with Gasteiger partial charge in [0.25, 0.3) is 0 Å². The van der Waals surface area contributed by atoms with E-state index in [0.29, 0.717) is 12.3 Å². The van der Waals surface area contributed by atoms with E-state index in [4.69, 9.17) is 0 Å².